The number of aliphatic hydroxyl groups is 1. The number of hydrogen-bond acceptors (Lipinski definition) is 2. The summed E-state index contributed by atoms with van der Waals surface area (Å²) in [5.74, 6) is 0.748. The summed E-state index contributed by atoms with van der Waals surface area (Å²) >= 11 is 0. The predicted octanol–water partition coefficient (Wildman–Crippen LogP) is 4.66. The van der Waals surface area contributed by atoms with Gasteiger partial charge >= 0.3 is 0 Å². The second kappa shape index (κ2) is 7.42. The molecule has 0 radical (unpaired) electrons. The fraction of sp³-hybridized carbons (Fsp3) is 0.684. The van der Waals surface area contributed by atoms with Crippen LogP contribution in [0.1, 0.15) is 70.1 Å². The lowest BCUT2D eigenvalue weighted by atomic mass is 9.74. The van der Waals surface area contributed by atoms with Crippen LogP contribution in [0.3, 0.4) is 0 Å². The van der Waals surface area contributed by atoms with Gasteiger partial charge in [-0.15, -0.1) is 0 Å². The Hall–Kier alpha value is -0.860. The first-order valence-electron chi connectivity index (χ1n) is 8.52. The maximum atomic E-state index is 10.9. The van der Waals surface area contributed by atoms with Crippen LogP contribution in [0.15, 0.2) is 24.3 Å². The highest BCUT2D eigenvalue weighted by Crippen LogP contribution is 2.43. The summed E-state index contributed by atoms with van der Waals surface area (Å²) in [6.45, 7) is 7.17. The van der Waals surface area contributed by atoms with Gasteiger partial charge in [-0.05, 0) is 56.1 Å². The first kappa shape index (κ1) is 16.5. The standard InChI is InChI=1S/C19H30O2/c1-4-6-16-7-9-17(10-8-16)18(20)19(21-5-2)13-11-15(3)12-14-19/h7-10,15,18,20H,4-6,11-14H2,1-3H3. The fourth-order valence-corrected chi connectivity index (χ4v) is 3.49. The van der Waals surface area contributed by atoms with Crippen LogP contribution in [0.5, 0.6) is 0 Å². The summed E-state index contributed by atoms with van der Waals surface area (Å²) in [4.78, 5) is 0. The monoisotopic (exact) mass is 290 g/mol. The lowest BCUT2D eigenvalue weighted by Gasteiger charge is -2.42. The van der Waals surface area contributed by atoms with E-state index >= 15 is 0 Å². The van der Waals surface area contributed by atoms with Gasteiger partial charge in [-0.3, -0.25) is 0 Å². The van der Waals surface area contributed by atoms with Gasteiger partial charge in [0, 0.05) is 6.61 Å². The van der Waals surface area contributed by atoms with Gasteiger partial charge in [0.05, 0.1) is 5.60 Å². The molecule has 1 aromatic carbocycles. The number of benzene rings is 1. The second-order valence-corrected chi connectivity index (χ2v) is 6.57. The van der Waals surface area contributed by atoms with Gasteiger partial charge in [0.2, 0.25) is 0 Å². The summed E-state index contributed by atoms with van der Waals surface area (Å²) in [7, 11) is 0. The van der Waals surface area contributed by atoms with Gasteiger partial charge in [0.1, 0.15) is 6.10 Å². The zero-order valence-electron chi connectivity index (χ0n) is 13.8. The first-order valence-corrected chi connectivity index (χ1v) is 8.52. The molecular formula is C19H30O2. The highest BCUT2D eigenvalue weighted by molar-refractivity contribution is 5.26. The molecule has 0 amide bonds. The van der Waals surface area contributed by atoms with Crippen molar-refractivity contribution in [3.05, 3.63) is 35.4 Å². The number of rotatable bonds is 6. The molecule has 0 aromatic heterocycles. The third kappa shape index (κ3) is 3.87. The molecule has 2 heteroatoms. The van der Waals surface area contributed by atoms with Crippen LogP contribution in [0.25, 0.3) is 0 Å². The topological polar surface area (TPSA) is 29.5 Å². The zero-order chi connectivity index (χ0) is 15.3. The number of hydrogen-bond donors (Lipinski definition) is 1. The molecule has 1 unspecified atom stereocenters. The Morgan fingerprint density at radius 3 is 2.33 bits per heavy atom. The molecule has 0 spiro atoms. The summed E-state index contributed by atoms with van der Waals surface area (Å²) < 4.78 is 6.06. The Kier molecular flexibility index (Phi) is 5.83. The van der Waals surface area contributed by atoms with Crippen molar-refractivity contribution >= 4 is 0 Å². The molecule has 1 fully saturated rings. The maximum Gasteiger partial charge on any atom is 0.108 e. The van der Waals surface area contributed by atoms with E-state index in [9.17, 15) is 5.11 Å². The van der Waals surface area contributed by atoms with E-state index < -0.39 is 6.10 Å². The fourth-order valence-electron chi connectivity index (χ4n) is 3.49. The number of aryl methyl sites for hydroxylation is 1. The van der Waals surface area contributed by atoms with Gasteiger partial charge in [0.15, 0.2) is 0 Å². The van der Waals surface area contributed by atoms with Crippen molar-refractivity contribution in [3.8, 4) is 0 Å². The van der Waals surface area contributed by atoms with Crippen molar-refractivity contribution in [2.75, 3.05) is 6.61 Å². The van der Waals surface area contributed by atoms with Crippen LogP contribution >= 0.6 is 0 Å². The van der Waals surface area contributed by atoms with Crippen LogP contribution in [-0.4, -0.2) is 17.3 Å². The molecule has 1 atom stereocenters. The Bertz CT molecular complexity index is 416. The van der Waals surface area contributed by atoms with Crippen LogP contribution in [0.2, 0.25) is 0 Å². The summed E-state index contributed by atoms with van der Waals surface area (Å²) in [5, 5.41) is 10.9. The highest BCUT2D eigenvalue weighted by Gasteiger charge is 2.42. The summed E-state index contributed by atoms with van der Waals surface area (Å²) in [5.41, 5.74) is 1.96. The Balaban J connectivity index is 2.15. The first-order chi connectivity index (χ1) is 10.1. The average Bonchev–Trinajstić information content (AvgIpc) is 2.50. The predicted molar refractivity (Wildman–Crippen MR) is 87.4 cm³/mol. The van der Waals surface area contributed by atoms with Gasteiger partial charge in [-0.2, -0.15) is 0 Å². The molecule has 118 valence electrons. The van der Waals surface area contributed by atoms with E-state index in [0.717, 1.165) is 50.0 Å². The quantitative estimate of drug-likeness (QED) is 0.825. The minimum Gasteiger partial charge on any atom is -0.385 e. The Labute approximate surface area is 129 Å². The lowest BCUT2D eigenvalue weighted by molar-refractivity contribution is -0.146. The zero-order valence-corrected chi connectivity index (χ0v) is 13.8. The van der Waals surface area contributed by atoms with Crippen LogP contribution in [-0.2, 0) is 11.2 Å². The Morgan fingerprint density at radius 1 is 1.19 bits per heavy atom. The second-order valence-electron chi connectivity index (χ2n) is 6.57. The molecule has 1 aromatic rings. The van der Waals surface area contributed by atoms with Crippen LogP contribution < -0.4 is 0 Å². The summed E-state index contributed by atoms with van der Waals surface area (Å²) in [6.07, 6.45) is 5.95. The molecule has 0 saturated heterocycles. The van der Waals surface area contributed by atoms with Crippen molar-refractivity contribution < 1.29 is 9.84 Å². The third-order valence-electron chi connectivity index (χ3n) is 4.88. The van der Waals surface area contributed by atoms with Gasteiger partial charge in [-0.1, -0.05) is 44.5 Å². The van der Waals surface area contributed by atoms with E-state index in [1.807, 2.05) is 6.92 Å². The van der Waals surface area contributed by atoms with Crippen LogP contribution in [0.4, 0.5) is 0 Å². The van der Waals surface area contributed by atoms with E-state index in [1.165, 1.54) is 5.56 Å². The minimum absolute atomic E-state index is 0.381. The van der Waals surface area contributed by atoms with Crippen molar-refractivity contribution in [2.24, 2.45) is 5.92 Å². The summed E-state index contributed by atoms with van der Waals surface area (Å²) in [6, 6.07) is 8.45. The average molecular weight is 290 g/mol. The molecule has 0 heterocycles. The van der Waals surface area contributed by atoms with Gasteiger partial charge in [-0.25, -0.2) is 0 Å². The normalized spacial score (nSPS) is 27.5. The van der Waals surface area contributed by atoms with E-state index in [0.29, 0.717) is 6.61 Å². The van der Waals surface area contributed by atoms with Crippen molar-refractivity contribution in [1.82, 2.24) is 0 Å². The van der Waals surface area contributed by atoms with Gasteiger partial charge < -0.3 is 9.84 Å². The van der Waals surface area contributed by atoms with Crippen LogP contribution in [0, 0.1) is 5.92 Å². The van der Waals surface area contributed by atoms with Crippen molar-refractivity contribution in [1.29, 1.82) is 0 Å². The lowest BCUT2D eigenvalue weighted by Crippen LogP contribution is -2.42. The molecular weight excluding hydrogens is 260 g/mol. The highest BCUT2D eigenvalue weighted by atomic mass is 16.5. The van der Waals surface area contributed by atoms with E-state index in [2.05, 4.69) is 38.1 Å². The van der Waals surface area contributed by atoms with Gasteiger partial charge in [0.25, 0.3) is 0 Å². The van der Waals surface area contributed by atoms with E-state index in [4.69, 9.17) is 4.74 Å². The van der Waals surface area contributed by atoms with Crippen molar-refractivity contribution in [3.63, 3.8) is 0 Å². The Morgan fingerprint density at radius 2 is 1.81 bits per heavy atom. The smallest absolute Gasteiger partial charge is 0.108 e. The maximum absolute atomic E-state index is 10.9. The largest absolute Gasteiger partial charge is 0.385 e. The molecule has 2 nitrogen and oxygen atoms in total. The molecule has 21 heavy (non-hydrogen) atoms. The molecule has 0 bridgehead atoms. The minimum atomic E-state index is -0.513. The molecule has 2 rings (SSSR count). The third-order valence-corrected chi connectivity index (χ3v) is 4.88. The number of ether oxygens (including phenoxy) is 1. The SMILES string of the molecule is CCCc1ccc(C(O)C2(OCC)CCC(C)CC2)cc1. The van der Waals surface area contributed by atoms with E-state index in [1.54, 1.807) is 0 Å². The number of aliphatic hydroxyl groups excluding tert-OH is 1. The molecule has 1 aliphatic rings. The molecule has 0 aliphatic heterocycles. The van der Waals surface area contributed by atoms with E-state index in [-0.39, 0.29) is 5.60 Å². The molecule has 1 saturated carbocycles. The molecule has 1 N–H and O–H groups in total. The van der Waals surface area contributed by atoms with Crippen molar-refractivity contribution in [2.45, 2.75) is 71.0 Å². The molecule has 1 aliphatic carbocycles.